The van der Waals surface area contributed by atoms with E-state index in [1.807, 2.05) is 38.1 Å². The molecule has 0 radical (unpaired) electrons. The summed E-state index contributed by atoms with van der Waals surface area (Å²) in [6.45, 7) is 11.8. The minimum Gasteiger partial charge on any atom is -0.493 e. The lowest BCUT2D eigenvalue weighted by atomic mass is 9.72. The summed E-state index contributed by atoms with van der Waals surface area (Å²) in [7, 11) is 1.62. The number of benzene rings is 1. The number of amides is 1. The summed E-state index contributed by atoms with van der Waals surface area (Å²) < 4.78 is 23.4. The Balaban J connectivity index is 1.32. The molecule has 3 aliphatic rings. The molecule has 1 aromatic carbocycles. The number of carbonyl (C=O) groups excluding carboxylic acids is 1. The smallest absolute Gasteiger partial charge is 0.254 e. The lowest BCUT2D eigenvalue weighted by Crippen LogP contribution is -2.54. The van der Waals surface area contributed by atoms with Crippen molar-refractivity contribution in [3.8, 4) is 11.5 Å². The molecular weight excluding hydrogens is 522 g/mol. The summed E-state index contributed by atoms with van der Waals surface area (Å²) in [5.41, 5.74) is 1.37. The molecule has 0 aliphatic carbocycles. The maximum absolute atomic E-state index is 13.3. The number of nitrogens with zero attached hydrogens (tertiary/aromatic N) is 3. The fraction of sp³-hybridized carbons (Fsp3) is 0.586. The highest BCUT2D eigenvalue weighted by molar-refractivity contribution is 6.31. The Morgan fingerprint density at radius 1 is 1.21 bits per heavy atom. The zero-order valence-electron chi connectivity index (χ0n) is 23.4. The van der Waals surface area contributed by atoms with Gasteiger partial charge in [0.25, 0.3) is 5.91 Å². The first-order valence-corrected chi connectivity index (χ1v) is 13.8. The van der Waals surface area contributed by atoms with Crippen molar-refractivity contribution in [3.63, 3.8) is 0 Å². The van der Waals surface area contributed by atoms with E-state index in [2.05, 4.69) is 9.88 Å². The van der Waals surface area contributed by atoms with E-state index < -0.39 is 23.4 Å². The van der Waals surface area contributed by atoms with Crippen molar-refractivity contribution in [1.29, 1.82) is 0 Å². The summed E-state index contributed by atoms with van der Waals surface area (Å²) in [5.74, 6) is 1.10. The summed E-state index contributed by atoms with van der Waals surface area (Å²) in [6.07, 6.45) is 0.452. The first kappa shape index (κ1) is 28.0. The molecule has 10 heteroatoms. The topological polar surface area (TPSA) is 93.6 Å². The maximum atomic E-state index is 13.3. The molecule has 9 nitrogen and oxygen atoms in total. The average Bonchev–Trinajstić information content (AvgIpc) is 3.42. The fourth-order valence-corrected chi connectivity index (χ4v) is 5.79. The molecular formula is C29H38ClN3O6. The number of hydrogen-bond donors (Lipinski definition) is 1. The van der Waals surface area contributed by atoms with Gasteiger partial charge in [-0.1, -0.05) is 24.6 Å². The van der Waals surface area contributed by atoms with Crippen LogP contribution < -0.4 is 14.4 Å². The molecule has 39 heavy (non-hydrogen) atoms. The highest BCUT2D eigenvalue weighted by Gasteiger charge is 2.50. The number of likely N-dealkylation sites (tertiary alicyclic amines) is 1. The van der Waals surface area contributed by atoms with Crippen molar-refractivity contribution in [2.45, 2.75) is 64.6 Å². The molecule has 4 heterocycles. The Hall–Kier alpha value is -2.59. The van der Waals surface area contributed by atoms with Gasteiger partial charge in [0.2, 0.25) is 0 Å². The summed E-state index contributed by atoms with van der Waals surface area (Å²) in [4.78, 5) is 21.7. The molecule has 2 aromatic rings. The number of pyridine rings is 1. The molecule has 1 aromatic heterocycles. The van der Waals surface area contributed by atoms with Gasteiger partial charge in [0.05, 0.1) is 32.9 Å². The first-order chi connectivity index (χ1) is 18.4. The summed E-state index contributed by atoms with van der Waals surface area (Å²) >= 11 is 6.28. The molecule has 5 rings (SSSR count). The monoisotopic (exact) mass is 559 g/mol. The lowest BCUT2D eigenvalue weighted by Gasteiger charge is -2.40. The highest BCUT2D eigenvalue weighted by atomic mass is 35.5. The Morgan fingerprint density at radius 3 is 2.56 bits per heavy atom. The van der Waals surface area contributed by atoms with E-state index in [1.165, 1.54) is 0 Å². The summed E-state index contributed by atoms with van der Waals surface area (Å²) in [6, 6.07) is 7.75. The van der Waals surface area contributed by atoms with Crippen molar-refractivity contribution < 1.29 is 28.8 Å². The highest BCUT2D eigenvalue weighted by Crippen LogP contribution is 2.47. The van der Waals surface area contributed by atoms with Gasteiger partial charge in [-0.05, 0) is 57.0 Å². The van der Waals surface area contributed by atoms with E-state index >= 15 is 0 Å². The summed E-state index contributed by atoms with van der Waals surface area (Å²) in [5, 5.41) is 11.6. The molecule has 0 bridgehead atoms. The largest absolute Gasteiger partial charge is 0.493 e. The second-order valence-corrected chi connectivity index (χ2v) is 12.0. The van der Waals surface area contributed by atoms with Crippen molar-refractivity contribution in [2.24, 2.45) is 5.41 Å². The van der Waals surface area contributed by atoms with E-state index in [0.717, 1.165) is 16.9 Å². The number of methoxy groups -OCH3 is 1. The molecule has 0 saturated carbocycles. The molecule has 3 fully saturated rings. The third-order valence-corrected chi connectivity index (χ3v) is 8.77. The molecule has 212 valence electrons. The van der Waals surface area contributed by atoms with E-state index in [9.17, 15) is 9.90 Å². The van der Waals surface area contributed by atoms with Crippen LogP contribution >= 0.6 is 11.6 Å². The average molecular weight is 560 g/mol. The molecule has 1 N–H and O–H groups in total. The van der Waals surface area contributed by atoms with Crippen LogP contribution in [0.5, 0.6) is 11.5 Å². The second kappa shape index (κ2) is 10.4. The van der Waals surface area contributed by atoms with Gasteiger partial charge >= 0.3 is 0 Å². The quantitative estimate of drug-likeness (QED) is 0.548. The number of ether oxygens (including phenoxy) is 4. The molecule has 0 unspecified atom stereocenters. The van der Waals surface area contributed by atoms with E-state index in [1.54, 1.807) is 39.0 Å². The minimum atomic E-state index is -0.784. The van der Waals surface area contributed by atoms with Gasteiger partial charge in [-0.3, -0.25) is 4.79 Å². The zero-order chi connectivity index (χ0) is 28.1. The van der Waals surface area contributed by atoms with Crippen LogP contribution in [-0.4, -0.2) is 84.9 Å². The fourth-order valence-electron chi connectivity index (χ4n) is 5.65. The van der Waals surface area contributed by atoms with Crippen LogP contribution in [-0.2, 0) is 14.3 Å². The Labute approximate surface area is 234 Å². The molecule has 1 amide bonds. The number of aliphatic hydroxyl groups is 1. The third-order valence-electron chi connectivity index (χ3n) is 8.36. The standard InChI is InChI=1S/C29H38ClN3O6/c1-17-11-31-26(10-22(17)30)32-12-20(13-32)38-24-9-19(7-8-23(24)36-6)21-14-33(16-29(21,5)18(2)34)27(35)25-15-37-28(3,4)39-25/h7-11,18,20-21,25,34H,12-16H2,1-6H3/t18-,21+,25+,29+/m1/s1. The van der Waals surface area contributed by atoms with Crippen molar-refractivity contribution in [2.75, 3.05) is 44.8 Å². The first-order valence-electron chi connectivity index (χ1n) is 13.4. The number of aromatic nitrogens is 1. The molecule has 3 aliphatic heterocycles. The number of hydrogen-bond acceptors (Lipinski definition) is 8. The maximum Gasteiger partial charge on any atom is 0.254 e. The van der Waals surface area contributed by atoms with Crippen LogP contribution in [0.3, 0.4) is 0 Å². The van der Waals surface area contributed by atoms with Crippen molar-refractivity contribution in [3.05, 3.63) is 46.6 Å². The third kappa shape index (κ3) is 5.42. The van der Waals surface area contributed by atoms with Gasteiger partial charge in [0.15, 0.2) is 23.4 Å². The minimum absolute atomic E-state index is 0.0382. The van der Waals surface area contributed by atoms with Crippen molar-refractivity contribution in [1.82, 2.24) is 9.88 Å². The van der Waals surface area contributed by atoms with Crippen LogP contribution in [0.2, 0.25) is 5.02 Å². The predicted octanol–water partition coefficient (Wildman–Crippen LogP) is 3.78. The van der Waals surface area contributed by atoms with Crippen molar-refractivity contribution >= 4 is 23.3 Å². The van der Waals surface area contributed by atoms with Crippen LogP contribution in [0, 0.1) is 12.3 Å². The van der Waals surface area contributed by atoms with E-state index in [4.69, 9.17) is 30.5 Å². The Morgan fingerprint density at radius 2 is 1.95 bits per heavy atom. The van der Waals surface area contributed by atoms with Gasteiger partial charge in [0.1, 0.15) is 11.9 Å². The van der Waals surface area contributed by atoms with E-state index in [0.29, 0.717) is 42.7 Å². The SMILES string of the molecule is COc1ccc([C@@H]2CN(C(=O)[C@@H]3COC(C)(C)O3)C[C@@]2(C)[C@@H](C)O)cc1OC1CN(c2cc(Cl)c(C)cn2)C1. The van der Waals surface area contributed by atoms with Gasteiger partial charge in [0, 0.05) is 35.6 Å². The second-order valence-electron chi connectivity index (χ2n) is 11.6. The zero-order valence-corrected chi connectivity index (χ0v) is 24.2. The lowest BCUT2D eigenvalue weighted by molar-refractivity contribution is -0.159. The molecule has 3 saturated heterocycles. The number of carbonyl (C=O) groups is 1. The number of anilines is 1. The molecule has 0 spiro atoms. The number of aliphatic hydroxyl groups excluding tert-OH is 1. The van der Waals surface area contributed by atoms with Gasteiger partial charge in [-0.2, -0.15) is 0 Å². The number of rotatable bonds is 7. The van der Waals surface area contributed by atoms with Gasteiger partial charge in [-0.15, -0.1) is 0 Å². The normalized spacial score (nSPS) is 27.4. The van der Waals surface area contributed by atoms with Gasteiger partial charge in [-0.25, -0.2) is 4.98 Å². The molecule has 4 atom stereocenters. The van der Waals surface area contributed by atoms with Crippen LogP contribution in [0.15, 0.2) is 30.5 Å². The van der Waals surface area contributed by atoms with Crippen LogP contribution in [0.1, 0.15) is 44.7 Å². The van der Waals surface area contributed by atoms with Crippen LogP contribution in [0.4, 0.5) is 5.82 Å². The number of halogens is 1. The Bertz CT molecular complexity index is 1230. The number of aryl methyl sites for hydroxylation is 1. The Kier molecular flexibility index (Phi) is 7.47. The van der Waals surface area contributed by atoms with Gasteiger partial charge < -0.3 is 33.9 Å². The predicted molar refractivity (Wildman–Crippen MR) is 148 cm³/mol. The van der Waals surface area contributed by atoms with E-state index in [-0.39, 0.29) is 24.5 Å². The van der Waals surface area contributed by atoms with Crippen LogP contribution in [0.25, 0.3) is 0 Å².